The molecule has 1 aliphatic heterocycles. The van der Waals surface area contributed by atoms with Gasteiger partial charge in [0.25, 0.3) is 0 Å². The average Bonchev–Trinajstić information content (AvgIpc) is 2.59. The number of halogens is 1. The van der Waals surface area contributed by atoms with Gasteiger partial charge in [0.15, 0.2) is 11.5 Å². The Balaban J connectivity index is 1.96. The van der Waals surface area contributed by atoms with Gasteiger partial charge in [-0.15, -0.1) is 0 Å². The Labute approximate surface area is 126 Å². The lowest BCUT2D eigenvalue weighted by Gasteiger charge is -2.18. The van der Waals surface area contributed by atoms with Crippen LogP contribution in [-0.2, 0) is 6.54 Å². The fourth-order valence-electron chi connectivity index (χ4n) is 2.08. The van der Waals surface area contributed by atoms with E-state index in [1.54, 1.807) is 0 Å². The van der Waals surface area contributed by atoms with E-state index >= 15 is 0 Å². The molecule has 0 spiro atoms. The van der Waals surface area contributed by atoms with Gasteiger partial charge in [0.1, 0.15) is 0 Å². The molecule has 1 aromatic carbocycles. The second-order valence-corrected chi connectivity index (χ2v) is 6.85. The number of fused-ring (bicyclic) bond motifs is 1. The molecule has 0 saturated carbocycles. The lowest BCUT2D eigenvalue weighted by atomic mass is 9.92. The molecular formula is C16H24ClNO2. The summed E-state index contributed by atoms with van der Waals surface area (Å²) in [4.78, 5) is 0. The van der Waals surface area contributed by atoms with Crippen LogP contribution in [0.5, 0.6) is 11.5 Å². The molecule has 4 heteroatoms. The predicted molar refractivity (Wildman–Crippen MR) is 82.8 cm³/mol. The molecule has 0 saturated heterocycles. The summed E-state index contributed by atoms with van der Waals surface area (Å²) in [5.41, 5.74) is 1.49. The van der Waals surface area contributed by atoms with Gasteiger partial charge < -0.3 is 14.8 Å². The van der Waals surface area contributed by atoms with Gasteiger partial charge in [0.05, 0.1) is 18.2 Å². The molecule has 112 valence electrons. The van der Waals surface area contributed by atoms with Gasteiger partial charge in [-0.3, -0.25) is 0 Å². The van der Waals surface area contributed by atoms with Crippen LogP contribution in [0, 0.1) is 5.41 Å². The van der Waals surface area contributed by atoms with E-state index in [9.17, 15) is 0 Å². The topological polar surface area (TPSA) is 30.5 Å². The van der Waals surface area contributed by atoms with Gasteiger partial charge in [0, 0.05) is 13.0 Å². The first kappa shape index (κ1) is 15.5. The molecule has 0 aromatic heterocycles. The molecule has 3 nitrogen and oxygen atoms in total. The maximum Gasteiger partial charge on any atom is 0.179 e. The summed E-state index contributed by atoms with van der Waals surface area (Å²) in [6, 6.07) is 3.98. The van der Waals surface area contributed by atoms with Crippen LogP contribution in [-0.4, -0.2) is 19.8 Å². The summed E-state index contributed by atoms with van der Waals surface area (Å²) in [5, 5.41) is 4.09. The predicted octanol–water partition coefficient (Wildman–Crippen LogP) is 4.03. The second kappa shape index (κ2) is 6.68. The molecule has 0 aliphatic carbocycles. The van der Waals surface area contributed by atoms with Crippen LogP contribution in [0.15, 0.2) is 12.1 Å². The molecule has 1 aliphatic rings. The minimum atomic E-state index is 0.357. The van der Waals surface area contributed by atoms with E-state index < -0.39 is 0 Å². The summed E-state index contributed by atoms with van der Waals surface area (Å²) in [7, 11) is 0. The molecule has 20 heavy (non-hydrogen) atoms. The SMILES string of the molecule is CC(C)(C)CCNCc1cc(Cl)c2c(c1)OCCCO2. The highest BCUT2D eigenvalue weighted by Crippen LogP contribution is 2.37. The number of ether oxygens (including phenoxy) is 2. The van der Waals surface area contributed by atoms with Crippen molar-refractivity contribution in [3.63, 3.8) is 0 Å². The Bertz CT molecular complexity index is 455. The van der Waals surface area contributed by atoms with Gasteiger partial charge in [-0.2, -0.15) is 0 Å². The van der Waals surface area contributed by atoms with Gasteiger partial charge in [-0.25, -0.2) is 0 Å². The Kier molecular flexibility index (Phi) is 5.17. The molecule has 0 unspecified atom stereocenters. The maximum absolute atomic E-state index is 6.27. The highest BCUT2D eigenvalue weighted by atomic mass is 35.5. The van der Waals surface area contributed by atoms with Gasteiger partial charge >= 0.3 is 0 Å². The third-order valence-electron chi connectivity index (χ3n) is 3.24. The molecule has 1 heterocycles. The van der Waals surface area contributed by atoms with Crippen LogP contribution in [0.2, 0.25) is 5.02 Å². The number of rotatable bonds is 4. The number of nitrogens with one attached hydrogen (secondary N) is 1. The smallest absolute Gasteiger partial charge is 0.179 e. The molecule has 0 fully saturated rings. The minimum Gasteiger partial charge on any atom is -0.489 e. The normalized spacial score (nSPS) is 15.0. The van der Waals surface area contributed by atoms with Crippen LogP contribution in [0.1, 0.15) is 39.2 Å². The van der Waals surface area contributed by atoms with E-state index in [2.05, 4.69) is 26.1 Å². The Morgan fingerprint density at radius 2 is 1.95 bits per heavy atom. The molecule has 0 radical (unpaired) electrons. The number of hydrogen-bond donors (Lipinski definition) is 1. The van der Waals surface area contributed by atoms with Crippen molar-refractivity contribution in [1.29, 1.82) is 0 Å². The number of hydrogen-bond acceptors (Lipinski definition) is 3. The molecular weight excluding hydrogens is 274 g/mol. The van der Waals surface area contributed by atoms with E-state index in [4.69, 9.17) is 21.1 Å². The van der Waals surface area contributed by atoms with Gasteiger partial charge in [-0.1, -0.05) is 32.4 Å². The van der Waals surface area contributed by atoms with Crippen molar-refractivity contribution in [2.45, 2.75) is 40.2 Å². The highest BCUT2D eigenvalue weighted by molar-refractivity contribution is 6.32. The Morgan fingerprint density at radius 3 is 2.70 bits per heavy atom. The zero-order valence-corrected chi connectivity index (χ0v) is 13.3. The molecule has 0 bridgehead atoms. The lowest BCUT2D eigenvalue weighted by molar-refractivity contribution is 0.297. The highest BCUT2D eigenvalue weighted by Gasteiger charge is 2.15. The summed E-state index contributed by atoms with van der Waals surface area (Å²) >= 11 is 6.27. The van der Waals surface area contributed by atoms with E-state index in [0.717, 1.165) is 37.2 Å². The Hall–Kier alpha value is -0.930. The van der Waals surface area contributed by atoms with Crippen molar-refractivity contribution in [2.75, 3.05) is 19.8 Å². The van der Waals surface area contributed by atoms with Crippen molar-refractivity contribution in [2.24, 2.45) is 5.41 Å². The van der Waals surface area contributed by atoms with E-state index in [-0.39, 0.29) is 0 Å². The quantitative estimate of drug-likeness (QED) is 0.851. The van der Waals surface area contributed by atoms with E-state index in [1.165, 1.54) is 0 Å². The largest absolute Gasteiger partial charge is 0.489 e. The zero-order valence-electron chi connectivity index (χ0n) is 12.6. The van der Waals surface area contributed by atoms with Crippen molar-refractivity contribution < 1.29 is 9.47 Å². The minimum absolute atomic E-state index is 0.357. The van der Waals surface area contributed by atoms with Crippen molar-refractivity contribution in [3.05, 3.63) is 22.7 Å². The summed E-state index contributed by atoms with van der Waals surface area (Å²) < 4.78 is 11.3. The van der Waals surface area contributed by atoms with Crippen molar-refractivity contribution >= 4 is 11.6 Å². The van der Waals surface area contributed by atoms with Crippen LogP contribution in [0.3, 0.4) is 0 Å². The molecule has 0 amide bonds. The summed E-state index contributed by atoms with van der Waals surface area (Å²) in [6.45, 7) is 9.89. The van der Waals surface area contributed by atoms with Crippen LogP contribution < -0.4 is 14.8 Å². The summed E-state index contributed by atoms with van der Waals surface area (Å²) in [5.74, 6) is 1.45. The average molecular weight is 298 g/mol. The third kappa shape index (κ3) is 4.57. The molecule has 1 N–H and O–H groups in total. The molecule has 1 aromatic rings. The third-order valence-corrected chi connectivity index (χ3v) is 3.52. The van der Waals surface area contributed by atoms with E-state index in [1.807, 2.05) is 12.1 Å². The Morgan fingerprint density at radius 1 is 1.20 bits per heavy atom. The zero-order chi connectivity index (χ0) is 14.6. The first-order chi connectivity index (χ1) is 9.46. The van der Waals surface area contributed by atoms with Gasteiger partial charge in [0.2, 0.25) is 0 Å². The first-order valence-corrected chi connectivity index (χ1v) is 7.62. The van der Waals surface area contributed by atoms with Crippen LogP contribution in [0.25, 0.3) is 0 Å². The second-order valence-electron chi connectivity index (χ2n) is 6.44. The fraction of sp³-hybridized carbons (Fsp3) is 0.625. The van der Waals surface area contributed by atoms with Crippen LogP contribution in [0.4, 0.5) is 0 Å². The first-order valence-electron chi connectivity index (χ1n) is 7.24. The van der Waals surface area contributed by atoms with E-state index in [0.29, 0.717) is 29.4 Å². The molecule has 0 atom stereocenters. The van der Waals surface area contributed by atoms with Crippen molar-refractivity contribution in [1.82, 2.24) is 5.32 Å². The summed E-state index contributed by atoms with van der Waals surface area (Å²) in [6.07, 6.45) is 2.04. The molecule has 2 rings (SSSR count). The lowest BCUT2D eigenvalue weighted by Crippen LogP contribution is -2.20. The maximum atomic E-state index is 6.27. The fourth-order valence-corrected chi connectivity index (χ4v) is 2.37. The standard InChI is InChI=1S/C16H24ClNO2/c1-16(2,3)5-6-18-11-12-9-13(17)15-14(10-12)19-7-4-8-20-15/h9-10,18H,4-8,11H2,1-3H3. The van der Waals surface area contributed by atoms with Gasteiger partial charge in [-0.05, 0) is 36.1 Å². The number of benzene rings is 1. The monoisotopic (exact) mass is 297 g/mol. The van der Waals surface area contributed by atoms with Crippen molar-refractivity contribution in [3.8, 4) is 11.5 Å². The van der Waals surface area contributed by atoms with Crippen LogP contribution >= 0.6 is 11.6 Å².